The van der Waals surface area contributed by atoms with Crippen molar-refractivity contribution in [2.24, 2.45) is 0 Å². The lowest BCUT2D eigenvalue weighted by molar-refractivity contribution is -0.116. The van der Waals surface area contributed by atoms with E-state index < -0.39 is 17.2 Å². The highest BCUT2D eigenvalue weighted by molar-refractivity contribution is 6.30. The molecular weight excluding hydrogens is 432 g/mol. The molecule has 0 aliphatic rings. The van der Waals surface area contributed by atoms with Crippen LogP contribution in [0.4, 0.5) is 5.69 Å². The maximum absolute atomic E-state index is 13.2. The highest BCUT2D eigenvalue weighted by Crippen LogP contribution is 2.14. The van der Waals surface area contributed by atoms with E-state index in [1.165, 1.54) is 10.8 Å². The lowest BCUT2D eigenvalue weighted by atomic mass is 10.2. The number of halogens is 1. The van der Waals surface area contributed by atoms with Crippen molar-refractivity contribution in [1.82, 2.24) is 14.1 Å². The zero-order valence-electron chi connectivity index (χ0n) is 17.1. The number of carbonyl (C=O) groups is 1. The summed E-state index contributed by atoms with van der Waals surface area (Å²) < 4.78 is 7.47. The molecule has 2 aromatic heterocycles. The maximum atomic E-state index is 13.2. The molecular formula is C23H19ClN4O4. The van der Waals surface area contributed by atoms with Crippen LogP contribution in [0, 0.1) is 0 Å². The first-order valence-electron chi connectivity index (χ1n) is 9.73. The first-order chi connectivity index (χ1) is 15.5. The molecule has 0 aliphatic carbocycles. The van der Waals surface area contributed by atoms with E-state index in [1.54, 1.807) is 67.8 Å². The van der Waals surface area contributed by atoms with Crippen LogP contribution in [-0.4, -0.2) is 27.1 Å². The van der Waals surface area contributed by atoms with Crippen LogP contribution in [0.3, 0.4) is 0 Å². The monoisotopic (exact) mass is 450 g/mol. The molecule has 0 radical (unpaired) electrons. The molecule has 2 aromatic carbocycles. The van der Waals surface area contributed by atoms with Gasteiger partial charge in [0.25, 0.3) is 5.56 Å². The number of methoxy groups -OCH3 is 1. The first kappa shape index (κ1) is 21.3. The summed E-state index contributed by atoms with van der Waals surface area (Å²) in [4.78, 5) is 43.0. The van der Waals surface area contributed by atoms with Gasteiger partial charge in [-0.1, -0.05) is 23.7 Å². The summed E-state index contributed by atoms with van der Waals surface area (Å²) in [5, 5.41) is 3.27. The van der Waals surface area contributed by atoms with Gasteiger partial charge in [-0.05, 0) is 54.1 Å². The molecule has 0 bridgehead atoms. The summed E-state index contributed by atoms with van der Waals surface area (Å²) in [5.74, 6) is 0.242. The lowest BCUT2D eigenvalue weighted by Gasteiger charge is -2.14. The SMILES string of the molecule is COc1ccc(Cn2c(=O)c3ncccc3n(CC(=O)Nc3ccc(Cl)cc3)c2=O)cc1. The second-order valence-corrected chi connectivity index (χ2v) is 7.47. The van der Waals surface area contributed by atoms with E-state index in [-0.39, 0.29) is 18.6 Å². The van der Waals surface area contributed by atoms with Crippen LogP contribution in [0.2, 0.25) is 5.02 Å². The second-order valence-electron chi connectivity index (χ2n) is 7.03. The van der Waals surface area contributed by atoms with Gasteiger partial charge in [0.1, 0.15) is 12.3 Å². The van der Waals surface area contributed by atoms with Gasteiger partial charge in [-0.2, -0.15) is 0 Å². The number of nitrogens with zero attached hydrogens (tertiary/aromatic N) is 3. The topological polar surface area (TPSA) is 95.2 Å². The highest BCUT2D eigenvalue weighted by atomic mass is 35.5. The zero-order valence-corrected chi connectivity index (χ0v) is 17.9. The number of hydrogen-bond acceptors (Lipinski definition) is 5. The highest BCUT2D eigenvalue weighted by Gasteiger charge is 2.16. The zero-order chi connectivity index (χ0) is 22.7. The van der Waals surface area contributed by atoms with Crippen molar-refractivity contribution in [2.45, 2.75) is 13.1 Å². The fourth-order valence-corrected chi connectivity index (χ4v) is 3.45. The number of pyridine rings is 1. The molecule has 9 heteroatoms. The number of carbonyl (C=O) groups excluding carboxylic acids is 1. The lowest BCUT2D eigenvalue weighted by Crippen LogP contribution is -2.42. The smallest absolute Gasteiger partial charge is 0.332 e. The Morgan fingerprint density at radius 2 is 1.75 bits per heavy atom. The van der Waals surface area contributed by atoms with E-state index in [2.05, 4.69) is 10.3 Å². The van der Waals surface area contributed by atoms with Gasteiger partial charge in [0.15, 0.2) is 5.52 Å². The fourth-order valence-electron chi connectivity index (χ4n) is 3.33. The van der Waals surface area contributed by atoms with Gasteiger partial charge in [-0.15, -0.1) is 0 Å². The minimum absolute atomic E-state index is 0.0347. The molecule has 8 nitrogen and oxygen atoms in total. The Balaban J connectivity index is 1.72. The van der Waals surface area contributed by atoms with Gasteiger partial charge >= 0.3 is 5.69 Å². The van der Waals surface area contributed by atoms with Crippen LogP contribution in [0.5, 0.6) is 5.75 Å². The number of amides is 1. The molecule has 0 unspecified atom stereocenters. The van der Waals surface area contributed by atoms with Crippen LogP contribution < -0.4 is 21.3 Å². The minimum Gasteiger partial charge on any atom is -0.497 e. The molecule has 0 saturated heterocycles. The third-order valence-electron chi connectivity index (χ3n) is 4.92. The predicted molar refractivity (Wildman–Crippen MR) is 122 cm³/mol. The molecule has 4 aromatic rings. The number of benzene rings is 2. The summed E-state index contributed by atoms with van der Waals surface area (Å²) in [5.41, 5.74) is 0.562. The van der Waals surface area contributed by atoms with Crippen molar-refractivity contribution in [1.29, 1.82) is 0 Å². The number of aromatic nitrogens is 3. The Labute approximate surface area is 187 Å². The Kier molecular flexibility index (Phi) is 6.04. The molecule has 162 valence electrons. The van der Waals surface area contributed by atoms with Crippen molar-refractivity contribution in [3.8, 4) is 5.75 Å². The van der Waals surface area contributed by atoms with Gasteiger partial charge in [-0.3, -0.25) is 18.7 Å². The Bertz CT molecular complexity index is 1390. The van der Waals surface area contributed by atoms with Crippen LogP contribution in [0.25, 0.3) is 11.0 Å². The number of rotatable bonds is 6. The van der Waals surface area contributed by atoms with E-state index in [0.717, 1.165) is 10.1 Å². The van der Waals surface area contributed by atoms with Crippen molar-refractivity contribution in [3.05, 3.63) is 98.3 Å². The maximum Gasteiger partial charge on any atom is 0.332 e. The Morgan fingerprint density at radius 3 is 2.44 bits per heavy atom. The average molecular weight is 451 g/mol. The van der Waals surface area contributed by atoms with E-state index in [9.17, 15) is 14.4 Å². The van der Waals surface area contributed by atoms with Crippen molar-refractivity contribution in [3.63, 3.8) is 0 Å². The summed E-state index contributed by atoms with van der Waals surface area (Å²) in [6.45, 7) is -0.250. The van der Waals surface area contributed by atoms with E-state index in [1.807, 2.05) is 0 Å². The number of anilines is 1. The molecule has 4 rings (SSSR count). The van der Waals surface area contributed by atoms with Gasteiger partial charge in [0.2, 0.25) is 5.91 Å². The van der Waals surface area contributed by atoms with Gasteiger partial charge in [0, 0.05) is 16.9 Å². The van der Waals surface area contributed by atoms with E-state index in [0.29, 0.717) is 22.0 Å². The van der Waals surface area contributed by atoms with Crippen molar-refractivity contribution in [2.75, 3.05) is 12.4 Å². The van der Waals surface area contributed by atoms with Gasteiger partial charge in [0.05, 0.1) is 19.2 Å². The normalized spacial score (nSPS) is 10.8. The third kappa shape index (κ3) is 4.40. The largest absolute Gasteiger partial charge is 0.497 e. The second kappa shape index (κ2) is 9.07. The summed E-state index contributed by atoms with van der Waals surface area (Å²) in [6, 6.07) is 16.9. The third-order valence-corrected chi connectivity index (χ3v) is 5.17. The quantitative estimate of drug-likeness (QED) is 0.487. The predicted octanol–water partition coefficient (Wildman–Crippen LogP) is 2.91. The fraction of sp³-hybridized carbons (Fsp3) is 0.130. The number of nitrogens with one attached hydrogen (secondary N) is 1. The van der Waals surface area contributed by atoms with Crippen LogP contribution in [-0.2, 0) is 17.9 Å². The van der Waals surface area contributed by atoms with Crippen LogP contribution >= 0.6 is 11.6 Å². The molecule has 0 spiro atoms. The summed E-state index contributed by atoms with van der Waals surface area (Å²) in [7, 11) is 1.56. The molecule has 32 heavy (non-hydrogen) atoms. The minimum atomic E-state index is -0.599. The molecule has 0 fully saturated rings. The number of fused-ring (bicyclic) bond motifs is 1. The Hall–Kier alpha value is -3.91. The summed E-state index contributed by atoms with van der Waals surface area (Å²) in [6.07, 6.45) is 1.48. The molecule has 2 heterocycles. The first-order valence-corrected chi connectivity index (χ1v) is 10.1. The van der Waals surface area contributed by atoms with Gasteiger partial charge < -0.3 is 10.1 Å². The number of ether oxygens (including phenoxy) is 1. The molecule has 0 aliphatic heterocycles. The molecule has 1 N–H and O–H groups in total. The van der Waals surface area contributed by atoms with Crippen molar-refractivity contribution < 1.29 is 9.53 Å². The van der Waals surface area contributed by atoms with Crippen molar-refractivity contribution >= 4 is 34.2 Å². The van der Waals surface area contributed by atoms with E-state index in [4.69, 9.17) is 16.3 Å². The summed E-state index contributed by atoms with van der Waals surface area (Å²) >= 11 is 5.88. The molecule has 0 saturated carbocycles. The average Bonchev–Trinajstić information content (AvgIpc) is 2.81. The van der Waals surface area contributed by atoms with E-state index >= 15 is 0 Å². The van der Waals surface area contributed by atoms with Crippen LogP contribution in [0.1, 0.15) is 5.56 Å². The number of hydrogen-bond donors (Lipinski definition) is 1. The molecule has 0 atom stereocenters. The van der Waals surface area contributed by atoms with Gasteiger partial charge in [-0.25, -0.2) is 9.78 Å². The molecule has 1 amide bonds. The van der Waals surface area contributed by atoms with Crippen LogP contribution in [0.15, 0.2) is 76.4 Å². The standard InChI is InChI=1S/C23H19ClN4O4/c1-32-18-10-4-15(5-11-18)13-28-22(30)21-19(3-2-12-25-21)27(23(28)31)14-20(29)26-17-8-6-16(24)7-9-17/h2-12H,13-14H2,1H3,(H,26,29). The Morgan fingerprint density at radius 1 is 1.03 bits per heavy atom.